The van der Waals surface area contributed by atoms with Gasteiger partial charge in [0.25, 0.3) is 0 Å². The van der Waals surface area contributed by atoms with Crippen LogP contribution in [-0.4, -0.2) is 46.3 Å². The van der Waals surface area contributed by atoms with Gasteiger partial charge in [-0.25, -0.2) is 0 Å². The molecule has 2 atom stereocenters. The summed E-state index contributed by atoms with van der Waals surface area (Å²) in [6, 6.07) is -0.512. The van der Waals surface area contributed by atoms with Crippen molar-refractivity contribution in [2.45, 2.75) is 12.1 Å². The zero-order chi connectivity index (χ0) is 12.6. The topological polar surface area (TPSA) is 90.4 Å². The first-order valence-corrected chi connectivity index (χ1v) is 5.16. The lowest BCUT2D eigenvalue weighted by Gasteiger charge is -2.36. The SMILES string of the molecule is CN1C(=O)CO[C@@H](C(N)=O)[C@H]1c1cnn(C)c1. The quantitative estimate of drug-likeness (QED) is 0.701. The Morgan fingerprint density at radius 1 is 1.59 bits per heavy atom. The molecule has 2 rings (SSSR count). The zero-order valence-electron chi connectivity index (χ0n) is 9.66. The molecule has 1 aliphatic rings. The molecule has 1 fully saturated rings. The smallest absolute Gasteiger partial charge is 0.249 e. The Morgan fingerprint density at radius 3 is 2.82 bits per heavy atom. The number of aryl methyl sites for hydroxylation is 1. The van der Waals surface area contributed by atoms with Crippen molar-refractivity contribution >= 4 is 11.8 Å². The molecule has 92 valence electrons. The fourth-order valence-electron chi connectivity index (χ4n) is 1.94. The van der Waals surface area contributed by atoms with E-state index >= 15 is 0 Å². The van der Waals surface area contributed by atoms with Crippen molar-refractivity contribution in [3.05, 3.63) is 18.0 Å². The Bertz CT molecular complexity index is 456. The second-order valence-electron chi connectivity index (χ2n) is 4.03. The fourth-order valence-corrected chi connectivity index (χ4v) is 1.94. The van der Waals surface area contributed by atoms with Gasteiger partial charge in [0.1, 0.15) is 6.61 Å². The van der Waals surface area contributed by atoms with Gasteiger partial charge in [-0.3, -0.25) is 14.3 Å². The van der Waals surface area contributed by atoms with Gasteiger partial charge in [0.15, 0.2) is 6.10 Å². The normalized spacial score (nSPS) is 25.1. The van der Waals surface area contributed by atoms with Gasteiger partial charge in [0.05, 0.1) is 12.2 Å². The molecule has 1 saturated heterocycles. The highest BCUT2D eigenvalue weighted by molar-refractivity contribution is 5.85. The lowest BCUT2D eigenvalue weighted by atomic mass is 10.0. The number of nitrogens with zero attached hydrogens (tertiary/aromatic N) is 3. The average Bonchev–Trinajstić information content (AvgIpc) is 2.68. The Hall–Kier alpha value is -1.89. The van der Waals surface area contributed by atoms with Crippen LogP contribution in [0.25, 0.3) is 0 Å². The molecule has 2 amide bonds. The minimum absolute atomic E-state index is 0.124. The summed E-state index contributed by atoms with van der Waals surface area (Å²) in [4.78, 5) is 24.4. The van der Waals surface area contributed by atoms with Gasteiger partial charge >= 0.3 is 0 Å². The molecule has 0 saturated carbocycles. The summed E-state index contributed by atoms with van der Waals surface area (Å²) in [5.41, 5.74) is 6.01. The zero-order valence-corrected chi connectivity index (χ0v) is 9.66. The first-order valence-electron chi connectivity index (χ1n) is 5.16. The summed E-state index contributed by atoms with van der Waals surface area (Å²) in [7, 11) is 3.38. The van der Waals surface area contributed by atoms with E-state index in [0.717, 1.165) is 5.56 Å². The van der Waals surface area contributed by atoms with E-state index in [-0.39, 0.29) is 12.5 Å². The van der Waals surface area contributed by atoms with Gasteiger partial charge in [-0.2, -0.15) is 5.10 Å². The molecule has 1 aromatic rings. The maximum Gasteiger partial charge on any atom is 0.249 e. The minimum atomic E-state index is -0.832. The van der Waals surface area contributed by atoms with Crippen molar-refractivity contribution in [1.29, 1.82) is 0 Å². The van der Waals surface area contributed by atoms with Crippen molar-refractivity contribution in [3.8, 4) is 0 Å². The monoisotopic (exact) mass is 238 g/mol. The predicted molar refractivity (Wildman–Crippen MR) is 57.7 cm³/mol. The molecule has 0 radical (unpaired) electrons. The summed E-state index contributed by atoms with van der Waals surface area (Å²) in [6.07, 6.45) is 2.50. The molecule has 0 spiro atoms. The Kier molecular flexibility index (Phi) is 2.84. The van der Waals surface area contributed by atoms with E-state index in [4.69, 9.17) is 10.5 Å². The standard InChI is InChI=1S/C10H14N4O3/c1-13-4-6(3-12-13)8-9(10(11)16)17-5-7(15)14(8)2/h3-4,8-9H,5H2,1-2H3,(H2,11,16)/t8-,9-/m1/s1. The van der Waals surface area contributed by atoms with Crippen LogP contribution in [0.5, 0.6) is 0 Å². The Morgan fingerprint density at radius 2 is 2.29 bits per heavy atom. The maximum absolute atomic E-state index is 11.6. The van der Waals surface area contributed by atoms with Gasteiger partial charge in [0, 0.05) is 25.9 Å². The van der Waals surface area contributed by atoms with Crippen LogP contribution in [0.2, 0.25) is 0 Å². The van der Waals surface area contributed by atoms with Crippen LogP contribution in [0.3, 0.4) is 0 Å². The van der Waals surface area contributed by atoms with Crippen LogP contribution in [0.15, 0.2) is 12.4 Å². The Balaban J connectivity index is 2.36. The third-order valence-electron chi connectivity index (χ3n) is 2.83. The van der Waals surface area contributed by atoms with Crippen LogP contribution in [0.4, 0.5) is 0 Å². The van der Waals surface area contributed by atoms with Gasteiger partial charge < -0.3 is 15.4 Å². The molecule has 17 heavy (non-hydrogen) atoms. The van der Waals surface area contributed by atoms with Crippen molar-refractivity contribution in [2.24, 2.45) is 12.8 Å². The van der Waals surface area contributed by atoms with E-state index in [1.54, 1.807) is 31.2 Å². The third-order valence-corrected chi connectivity index (χ3v) is 2.83. The number of hydrogen-bond donors (Lipinski definition) is 1. The van der Waals surface area contributed by atoms with Gasteiger partial charge in [-0.1, -0.05) is 0 Å². The largest absolute Gasteiger partial charge is 0.367 e. The number of ether oxygens (including phenoxy) is 1. The van der Waals surface area contributed by atoms with Gasteiger partial charge in [-0.05, 0) is 0 Å². The lowest BCUT2D eigenvalue weighted by Crippen LogP contribution is -2.51. The first kappa shape index (κ1) is 11.6. The van der Waals surface area contributed by atoms with E-state index in [0.29, 0.717) is 0 Å². The molecule has 0 aromatic carbocycles. The van der Waals surface area contributed by atoms with E-state index in [9.17, 15) is 9.59 Å². The number of likely N-dealkylation sites (N-methyl/N-ethyl adjacent to an activating group) is 1. The molecule has 7 heteroatoms. The molecule has 0 aliphatic carbocycles. The molecule has 1 aliphatic heterocycles. The van der Waals surface area contributed by atoms with Crippen LogP contribution in [0.1, 0.15) is 11.6 Å². The molecule has 1 aromatic heterocycles. The summed E-state index contributed by atoms with van der Waals surface area (Å²) < 4.78 is 6.79. The van der Waals surface area contributed by atoms with E-state index in [2.05, 4.69) is 5.10 Å². The lowest BCUT2D eigenvalue weighted by molar-refractivity contribution is -0.160. The number of morpholine rings is 1. The van der Waals surface area contributed by atoms with Crippen molar-refractivity contribution < 1.29 is 14.3 Å². The van der Waals surface area contributed by atoms with Crippen LogP contribution >= 0.6 is 0 Å². The number of nitrogens with two attached hydrogens (primary N) is 1. The van der Waals surface area contributed by atoms with Crippen LogP contribution in [0, 0.1) is 0 Å². The maximum atomic E-state index is 11.6. The molecule has 7 nitrogen and oxygen atoms in total. The summed E-state index contributed by atoms with van der Waals surface area (Å²) >= 11 is 0. The van der Waals surface area contributed by atoms with E-state index < -0.39 is 18.1 Å². The molecule has 0 bridgehead atoms. The number of primary amides is 1. The first-order chi connectivity index (χ1) is 8.00. The second kappa shape index (κ2) is 4.17. The van der Waals surface area contributed by atoms with Crippen LogP contribution < -0.4 is 5.73 Å². The number of hydrogen-bond acceptors (Lipinski definition) is 4. The minimum Gasteiger partial charge on any atom is -0.367 e. The highest BCUT2D eigenvalue weighted by Crippen LogP contribution is 2.28. The number of carbonyl (C=O) groups excluding carboxylic acids is 2. The predicted octanol–water partition coefficient (Wildman–Crippen LogP) is -1.20. The number of amides is 2. The number of rotatable bonds is 2. The van der Waals surface area contributed by atoms with Crippen LogP contribution in [-0.2, 0) is 21.4 Å². The summed E-state index contributed by atoms with van der Waals surface area (Å²) in [6.45, 7) is -0.124. The van der Waals surface area contributed by atoms with Crippen molar-refractivity contribution in [1.82, 2.24) is 14.7 Å². The summed E-state index contributed by atoms with van der Waals surface area (Å²) in [5, 5.41) is 4.02. The number of carbonyl (C=O) groups is 2. The molecular weight excluding hydrogens is 224 g/mol. The fraction of sp³-hybridized carbons (Fsp3) is 0.500. The Labute approximate surface area is 98.1 Å². The van der Waals surface area contributed by atoms with Crippen molar-refractivity contribution in [3.63, 3.8) is 0 Å². The highest BCUT2D eigenvalue weighted by atomic mass is 16.5. The van der Waals surface area contributed by atoms with Gasteiger partial charge in [-0.15, -0.1) is 0 Å². The third kappa shape index (κ3) is 2.01. The van der Waals surface area contributed by atoms with E-state index in [1.807, 2.05) is 0 Å². The highest BCUT2D eigenvalue weighted by Gasteiger charge is 2.39. The number of aromatic nitrogens is 2. The second-order valence-corrected chi connectivity index (χ2v) is 4.03. The molecule has 0 unspecified atom stereocenters. The average molecular weight is 238 g/mol. The van der Waals surface area contributed by atoms with E-state index in [1.165, 1.54) is 4.90 Å². The van der Waals surface area contributed by atoms with Crippen molar-refractivity contribution in [2.75, 3.05) is 13.7 Å². The summed E-state index contributed by atoms with van der Waals surface area (Å²) in [5.74, 6) is -0.769. The molecule has 2 N–H and O–H groups in total. The van der Waals surface area contributed by atoms with Gasteiger partial charge in [0.2, 0.25) is 11.8 Å². The molecule has 2 heterocycles. The molecular formula is C10H14N4O3.